The molecule has 3 rings (SSSR count). The number of unbranched alkanes of at least 4 members (excludes halogenated alkanes) is 16. The van der Waals surface area contributed by atoms with E-state index in [2.05, 4.69) is 45.0 Å². The standard InChI is InChI=1S/C40H64ClN5O3/c1-6-8-10-12-14-16-18-20-22-24-34(47)42-29-31-26-27-32(30-49-35(48)25-23-21-19-17-15-13-11-9-7-2)33(28-31)38-43-39-36(41)37(40(3,4)5)44-46(39)45-38/h26-28,44H,6-25,29-30H2,1-5H3,(H,42,47). The number of rotatable bonds is 25. The van der Waals surface area contributed by atoms with Crippen LogP contribution in [0.15, 0.2) is 18.2 Å². The van der Waals surface area contributed by atoms with Crippen molar-refractivity contribution in [2.75, 3.05) is 0 Å². The third kappa shape index (κ3) is 14.5. The molecule has 1 amide bonds. The van der Waals surface area contributed by atoms with Crippen molar-refractivity contribution in [3.05, 3.63) is 40.0 Å². The highest BCUT2D eigenvalue weighted by molar-refractivity contribution is 6.34. The first-order valence-corrected chi connectivity index (χ1v) is 19.7. The van der Waals surface area contributed by atoms with Gasteiger partial charge in [0, 0.05) is 35.9 Å². The van der Waals surface area contributed by atoms with Crippen LogP contribution in [0.2, 0.25) is 5.02 Å². The Kier molecular flexibility index (Phi) is 18.3. The lowest BCUT2D eigenvalue weighted by molar-refractivity contribution is -0.145. The molecule has 0 bridgehead atoms. The van der Waals surface area contributed by atoms with Crippen LogP contribution in [0.25, 0.3) is 17.0 Å². The molecule has 274 valence electrons. The lowest BCUT2D eigenvalue weighted by Gasteiger charge is -2.16. The van der Waals surface area contributed by atoms with Crippen molar-refractivity contribution in [3.8, 4) is 11.4 Å². The minimum absolute atomic E-state index is 0.0638. The molecule has 3 aromatic rings. The molecule has 0 saturated heterocycles. The Morgan fingerprint density at radius 3 is 1.92 bits per heavy atom. The number of aromatic nitrogens is 4. The number of hydrogen-bond donors (Lipinski definition) is 2. The third-order valence-corrected chi connectivity index (χ3v) is 9.63. The number of hydrogen-bond acceptors (Lipinski definition) is 5. The predicted molar refractivity (Wildman–Crippen MR) is 202 cm³/mol. The minimum Gasteiger partial charge on any atom is -0.461 e. The van der Waals surface area contributed by atoms with Crippen LogP contribution in [0, 0.1) is 0 Å². The lowest BCUT2D eigenvalue weighted by Crippen LogP contribution is -2.22. The molecule has 1 aromatic carbocycles. The van der Waals surface area contributed by atoms with Crippen LogP contribution in [-0.2, 0) is 32.9 Å². The van der Waals surface area contributed by atoms with Gasteiger partial charge in [0.1, 0.15) is 11.6 Å². The van der Waals surface area contributed by atoms with Crippen molar-refractivity contribution in [2.45, 2.75) is 182 Å². The first-order chi connectivity index (χ1) is 23.6. The molecule has 0 aliphatic carbocycles. The molecule has 2 aromatic heterocycles. The molecule has 2 heterocycles. The predicted octanol–water partition coefficient (Wildman–Crippen LogP) is 11.2. The van der Waals surface area contributed by atoms with Gasteiger partial charge in [0.25, 0.3) is 0 Å². The van der Waals surface area contributed by atoms with Crippen LogP contribution < -0.4 is 5.32 Å². The average molecular weight is 698 g/mol. The summed E-state index contributed by atoms with van der Waals surface area (Å²) in [5.41, 5.74) is 3.72. The van der Waals surface area contributed by atoms with Crippen molar-refractivity contribution in [2.24, 2.45) is 0 Å². The van der Waals surface area contributed by atoms with Crippen molar-refractivity contribution in [3.63, 3.8) is 0 Å². The number of carbonyl (C=O) groups excluding carboxylic acids is 2. The van der Waals surface area contributed by atoms with Gasteiger partial charge in [-0.3, -0.25) is 14.7 Å². The number of fused-ring (bicyclic) bond motifs is 1. The van der Waals surface area contributed by atoms with E-state index >= 15 is 0 Å². The summed E-state index contributed by atoms with van der Waals surface area (Å²) in [5, 5.41) is 11.6. The van der Waals surface area contributed by atoms with Crippen molar-refractivity contribution >= 4 is 29.1 Å². The summed E-state index contributed by atoms with van der Waals surface area (Å²) in [6.45, 7) is 11.3. The third-order valence-electron chi connectivity index (χ3n) is 9.28. The summed E-state index contributed by atoms with van der Waals surface area (Å²) in [4.78, 5) is 30.1. The average Bonchev–Trinajstić information content (AvgIpc) is 3.64. The van der Waals surface area contributed by atoms with E-state index in [-0.39, 0.29) is 23.9 Å². The van der Waals surface area contributed by atoms with E-state index in [0.717, 1.165) is 48.1 Å². The number of ether oxygens (including phenoxy) is 1. The van der Waals surface area contributed by atoms with Crippen LogP contribution in [0.3, 0.4) is 0 Å². The zero-order valence-corrected chi connectivity index (χ0v) is 32.0. The Bertz CT molecular complexity index is 1410. The van der Waals surface area contributed by atoms with Crippen molar-refractivity contribution in [1.82, 2.24) is 25.1 Å². The fourth-order valence-electron chi connectivity index (χ4n) is 6.17. The van der Waals surface area contributed by atoms with Crippen LogP contribution >= 0.6 is 11.6 Å². The first-order valence-electron chi connectivity index (χ1n) is 19.3. The van der Waals surface area contributed by atoms with E-state index in [1.807, 2.05) is 18.2 Å². The van der Waals surface area contributed by atoms with Crippen LogP contribution in [-0.4, -0.2) is 31.7 Å². The lowest BCUT2D eigenvalue weighted by atomic mass is 9.92. The Morgan fingerprint density at radius 2 is 1.37 bits per heavy atom. The summed E-state index contributed by atoms with van der Waals surface area (Å²) in [5.74, 6) is 0.361. The summed E-state index contributed by atoms with van der Waals surface area (Å²) in [7, 11) is 0. The van der Waals surface area contributed by atoms with Gasteiger partial charge < -0.3 is 10.1 Å². The molecular formula is C40H64ClN5O3. The van der Waals surface area contributed by atoms with Crippen molar-refractivity contribution in [1.29, 1.82) is 0 Å². The maximum atomic E-state index is 12.7. The fraction of sp³-hybridized carbons (Fsp3) is 0.700. The van der Waals surface area contributed by atoms with Gasteiger partial charge in [0.15, 0.2) is 11.5 Å². The SMILES string of the molecule is CCCCCCCCCCCC(=O)NCc1ccc(COC(=O)CCCCCCCCCCC)c(-c2nc3c(Cl)c(C(C)(C)C)[nH]n3n2)c1. The van der Waals surface area contributed by atoms with Crippen molar-refractivity contribution < 1.29 is 14.3 Å². The van der Waals surface area contributed by atoms with E-state index in [0.29, 0.717) is 35.9 Å². The van der Waals surface area contributed by atoms with E-state index in [9.17, 15) is 9.59 Å². The molecular weight excluding hydrogens is 634 g/mol. The minimum atomic E-state index is -0.194. The fourth-order valence-corrected chi connectivity index (χ4v) is 6.62. The number of carbonyl (C=O) groups is 2. The zero-order chi connectivity index (χ0) is 35.5. The van der Waals surface area contributed by atoms with E-state index in [4.69, 9.17) is 26.4 Å². The molecule has 0 unspecified atom stereocenters. The summed E-state index contributed by atoms with van der Waals surface area (Å²) in [6, 6.07) is 5.90. The van der Waals surface area contributed by atoms with Gasteiger partial charge >= 0.3 is 5.97 Å². The molecule has 0 radical (unpaired) electrons. The Hall–Kier alpha value is -2.87. The maximum Gasteiger partial charge on any atom is 0.306 e. The van der Waals surface area contributed by atoms with Gasteiger partial charge in [-0.05, 0) is 24.5 Å². The Balaban J connectivity index is 1.57. The number of benzene rings is 1. The highest BCUT2D eigenvalue weighted by Crippen LogP contribution is 2.33. The molecule has 49 heavy (non-hydrogen) atoms. The second-order valence-corrected chi connectivity index (χ2v) is 15.2. The zero-order valence-electron chi connectivity index (χ0n) is 31.2. The molecule has 2 N–H and O–H groups in total. The van der Waals surface area contributed by atoms with Gasteiger partial charge in [0.2, 0.25) is 5.91 Å². The number of esters is 1. The summed E-state index contributed by atoms with van der Waals surface area (Å²) < 4.78 is 7.34. The number of halogens is 1. The molecule has 8 nitrogen and oxygen atoms in total. The highest BCUT2D eigenvalue weighted by atomic mass is 35.5. The number of amides is 1. The molecule has 0 saturated carbocycles. The number of aromatic amines is 1. The normalized spacial score (nSPS) is 11.8. The maximum absolute atomic E-state index is 12.7. The second kappa shape index (κ2) is 22.1. The molecule has 0 fully saturated rings. The molecule has 0 spiro atoms. The largest absolute Gasteiger partial charge is 0.461 e. The second-order valence-electron chi connectivity index (χ2n) is 14.8. The van der Waals surface area contributed by atoms with Gasteiger partial charge in [-0.1, -0.05) is 161 Å². The Morgan fingerprint density at radius 1 is 0.816 bits per heavy atom. The molecule has 0 aliphatic heterocycles. The van der Waals surface area contributed by atoms with E-state index < -0.39 is 0 Å². The number of nitrogens with one attached hydrogen (secondary N) is 2. The smallest absolute Gasteiger partial charge is 0.306 e. The first kappa shape index (κ1) is 40.6. The van der Waals surface area contributed by atoms with Gasteiger partial charge in [-0.25, -0.2) is 4.98 Å². The molecule has 0 atom stereocenters. The summed E-state index contributed by atoms with van der Waals surface area (Å²) >= 11 is 6.73. The molecule has 9 heteroatoms. The summed E-state index contributed by atoms with van der Waals surface area (Å²) in [6.07, 6.45) is 22.8. The highest BCUT2D eigenvalue weighted by Gasteiger charge is 2.25. The van der Waals surface area contributed by atoms with Gasteiger partial charge in [-0.2, -0.15) is 4.63 Å². The number of nitrogens with zero attached hydrogens (tertiary/aromatic N) is 3. The Labute approximate surface area is 300 Å². The quantitative estimate of drug-likeness (QED) is 0.0677. The van der Waals surface area contributed by atoms with Gasteiger partial charge in [-0.15, -0.1) is 5.10 Å². The van der Waals surface area contributed by atoms with Crippen LogP contribution in [0.5, 0.6) is 0 Å². The van der Waals surface area contributed by atoms with Crippen LogP contribution in [0.1, 0.15) is 180 Å². The van der Waals surface area contributed by atoms with E-state index in [1.54, 1.807) is 4.63 Å². The topological polar surface area (TPSA) is 101 Å². The monoisotopic (exact) mass is 697 g/mol. The van der Waals surface area contributed by atoms with Gasteiger partial charge in [0.05, 0.1) is 5.69 Å². The van der Waals surface area contributed by atoms with Crippen LogP contribution in [0.4, 0.5) is 0 Å². The van der Waals surface area contributed by atoms with E-state index in [1.165, 1.54) is 89.9 Å². The number of H-pyrrole nitrogens is 1. The molecule has 0 aliphatic rings.